The smallest absolute Gasteiger partial charge is 0.277 e. The molecule has 0 radical (unpaired) electrons. The number of aromatic nitrogens is 2. The lowest BCUT2D eigenvalue weighted by Gasteiger charge is -2.55. The molecule has 0 amide bonds. The van der Waals surface area contributed by atoms with Gasteiger partial charge in [-0.25, -0.2) is 8.42 Å². The molecule has 5 fully saturated rings. The van der Waals surface area contributed by atoms with Gasteiger partial charge in [0.25, 0.3) is 5.22 Å². The third kappa shape index (κ3) is 3.59. The third-order valence-electron chi connectivity index (χ3n) is 7.19. The SMILES string of the molecule is O=C(CSc1nnc(C[C@@H]2CCS(=O)(=O)C2)o1)C12CC3CC(CC(C3)C1)C2. The van der Waals surface area contributed by atoms with Crippen molar-refractivity contribution in [3.8, 4) is 0 Å². The molecule has 4 bridgehead atoms. The minimum Gasteiger partial charge on any atom is -0.416 e. The average molecular weight is 411 g/mol. The molecule has 0 spiro atoms. The van der Waals surface area contributed by atoms with Gasteiger partial charge in [-0.05, 0) is 68.6 Å². The van der Waals surface area contributed by atoms with E-state index in [0.29, 0.717) is 35.5 Å². The number of thioether (sulfide) groups is 1. The largest absolute Gasteiger partial charge is 0.416 e. The minimum absolute atomic E-state index is 0.0713. The Hall–Kier alpha value is -0.890. The van der Waals surface area contributed by atoms with Crippen LogP contribution >= 0.6 is 11.8 Å². The minimum atomic E-state index is -2.89. The van der Waals surface area contributed by atoms with Gasteiger partial charge in [-0.1, -0.05) is 11.8 Å². The molecule has 148 valence electrons. The Bertz CT molecular complexity index is 812. The van der Waals surface area contributed by atoms with E-state index in [9.17, 15) is 13.2 Å². The highest BCUT2D eigenvalue weighted by Gasteiger charge is 2.54. The van der Waals surface area contributed by atoms with Gasteiger partial charge in [0.1, 0.15) is 5.78 Å². The maximum absolute atomic E-state index is 13.0. The summed E-state index contributed by atoms with van der Waals surface area (Å²) in [6.07, 6.45) is 8.45. The van der Waals surface area contributed by atoms with Crippen LogP contribution in [0.3, 0.4) is 0 Å². The summed E-state index contributed by atoms with van der Waals surface area (Å²) in [4.78, 5) is 13.0. The van der Waals surface area contributed by atoms with Crippen molar-refractivity contribution in [1.29, 1.82) is 0 Å². The van der Waals surface area contributed by atoms with Gasteiger partial charge >= 0.3 is 0 Å². The Labute approximate surface area is 164 Å². The predicted molar refractivity (Wildman–Crippen MR) is 101 cm³/mol. The summed E-state index contributed by atoms with van der Waals surface area (Å²) >= 11 is 1.35. The number of nitrogens with zero attached hydrogens (tertiary/aromatic N) is 2. The second-order valence-corrected chi connectivity index (χ2v) is 12.5. The van der Waals surface area contributed by atoms with Crippen LogP contribution in [0.1, 0.15) is 50.8 Å². The summed E-state index contributed by atoms with van der Waals surface area (Å²) in [5.41, 5.74) is -0.0805. The van der Waals surface area contributed by atoms with Gasteiger partial charge < -0.3 is 4.42 Å². The van der Waals surface area contributed by atoms with Crippen LogP contribution in [0.15, 0.2) is 9.64 Å². The maximum atomic E-state index is 13.0. The van der Waals surface area contributed by atoms with Gasteiger partial charge in [0.15, 0.2) is 9.84 Å². The first-order valence-corrected chi connectivity index (χ1v) is 12.9. The molecule has 8 heteroatoms. The lowest BCUT2D eigenvalue weighted by Crippen LogP contribution is -2.50. The average Bonchev–Trinajstić information content (AvgIpc) is 3.17. The Morgan fingerprint density at radius 1 is 1.11 bits per heavy atom. The first-order valence-electron chi connectivity index (χ1n) is 10.1. The number of hydrogen-bond acceptors (Lipinski definition) is 7. The second-order valence-electron chi connectivity index (χ2n) is 9.34. The van der Waals surface area contributed by atoms with Gasteiger partial charge in [-0.15, -0.1) is 10.2 Å². The lowest BCUT2D eigenvalue weighted by atomic mass is 9.48. The zero-order chi connectivity index (χ0) is 18.6. The van der Waals surface area contributed by atoms with Crippen LogP contribution in [-0.4, -0.2) is 41.7 Å². The molecule has 0 aromatic carbocycles. The van der Waals surface area contributed by atoms with Crippen molar-refractivity contribution in [1.82, 2.24) is 10.2 Å². The molecule has 27 heavy (non-hydrogen) atoms. The van der Waals surface area contributed by atoms with Crippen LogP contribution in [0.5, 0.6) is 0 Å². The number of carbonyl (C=O) groups excluding carboxylic acids is 1. The van der Waals surface area contributed by atoms with Crippen LogP contribution in [-0.2, 0) is 21.1 Å². The van der Waals surface area contributed by atoms with Crippen molar-refractivity contribution < 1.29 is 17.6 Å². The molecular weight excluding hydrogens is 384 g/mol. The fourth-order valence-electron chi connectivity index (χ4n) is 6.39. The molecule has 6 rings (SSSR count). The molecule has 0 unspecified atom stereocenters. The molecule has 1 aromatic heterocycles. The van der Waals surface area contributed by atoms with E-state index in [1.165, 1.54) is 31.0 Å². The van der Waals surface area contributed by atoms with Crippen LogP contribution in [0, 0.1) is 29.1 Å². The number of ketones is 1. The van der Waals surface area contributed by atoms with Crippen LogP contribution in [0.2, 0.25) is 0 Å². The Kier molecular flexibility index (Phi) is 4.42. The van der Waals surface area contributed by atoms with Crippen molar-refractivity contribution in [2.75, 3.05) is 17.3 Å². The van der Waals surface area contributed by atoms with Gasteiger partial charge in [-0.2, -0.15) is 0 Å². The fourth-order valence-corrected chi connectivity index (χ4v) is 9.07. The zero-order valence-electron chi connectivity index (χ0n) is 15.4. The second kappa shape index (κ2) is 6.58. The first kappa shape index (κ1) is 18.2. The molecule has 4 aliphatic carbocycles. The number of hydrogen-bond donors (Lipinski definition) is 0. The normalized spacial score (nSPS) is 39.1. The molecule has 5 aliphatic rings. The predicted octanol–water partition coefficient (Wildman–Crippen LogP) is 2.92. The third-order valence-corrected chi connectivity index (χ3v) is 9.85. The topological polar surface area (TPSA) is 90.1 Å². The van der Waals surface area contributed by atoms with Crippen molar-refractivity contribution in [2.45, 2.75) is 56.6 Å². The number of carbonyl (C=O) groups is 1. The fraction of sp³-hybridized carbons (Fsp3) is 0.842. The highest BCUT2D eigenvalue weighted by molar-refractivity contribution is 7.99. The standard InChI is InChI=1S/C19H26N2O4S2/c22-16(19-7-13-3-14(8-19)5-15(4-13)9-19)10-26-18-21-20-17(25-18)6-12-1-2-27(23,24)11-12/h12-15H,1-11H2/t12-,13?,14?,15?,19?/m0/s1. The van der Waals surface area contributed by atoms with E-state index in [1.54, 1.807) is 0 Å². The summed E-state index contributed by atoms with van der Waals surface area (Å²) in [7, 11) is -2.89. The molecule has 2 heterocycles. The summed E-state index contributed by atoms with van der Waals surface area (Å²) in [6.45, 7) is 0. The Morgan fingerprint density at radius 2 is 1.78 bits per heavy atom. The summed E-state index contributed by atoms with van der Waals surface area (Å²) in [5.74, 6) is 4.10. The summed E-state index contributed by atoms with van der Waals surface area (Å²) < 4.78 is 28.8. The molecule has 0 N–H and O–H groups in total. The van der Waals surface area contributed by atoms with Crippen molar-refractivity contribution in [3.63, 3.8) is 0 Å². The lowest BCUT2D eigenvalue weighted by molar-refractivity contribution is -0.141. The van der Waals surface area contributed by atoms with Gasteiger partial charge in [0, 0.05) is 11.8 Å². The van der Waals surface area contributed by atoms with E-state index >= 15 is 0 Å². The van der Waals surface area contributed by atoms with E-state index in [2.05, 4.69) is 10.2 Å². The molecule has 1 saturated heterocycles. The van der Waals surface area contributed by atoms with Crippen LogP contribution in [0.25, 0.3) is 0 Å². The van der Waals surface area contributed by atoms with E-state index < -0.39 is 9.84 Å². The number of Topliss-reactive ketones (excluding diaryl/α,β-unsaturated/α-hetero) is 1. The summed E-state index contributed by atoms with van der Waals surface area (Å²) in [6, 6.07) is 0. The Balaban J connectivity index is 1.18. The molecule has 4 saturated carbocycles. The molecule has 1 atom stereocenters. The highest BCUT2D eigenvalue weighted by atomic mass is 32.2. The monoisotopic (exact) mass is 410 g/mol. The molecular formula is C19H26N2O4S2. The van der Waals surface area contributed by atoms with Crippen LogP contribution < -0.4 is 0 Å². The van der Waals surface area contributed by atoms with Crippen molar-refractivity contribution >= 4 is 27.4 Å². The van der Waals surface area contributed by atoms with E-state index in [4.69, 9.17) is 4.42 Å². The maximum Gasteiger partial charge on any atom is 0.277 e. The summed E-state index contributed by atoms with van der Waals surface area (Å²) in [5, 5.41) is 8.55. The number of sulfone groups is 1. The van der Waals surface area contributed by atoms with Crippen molar-refractivity contribution in [2.24, 2.45) is 29.1 Å². The Morgan fingerprint density at radius 3 is 2.37 bits per heavy atom. The first-order chi connectivity index (χ1) is 12.9. The molecule has 6 nitrogen and oxygen atoms in total. The van der Waals surface area contributed by atoms with E-state index in [0.717, 1.165) is 37.0 Å². The molecule has 1 aliphatic heterocycles. The van der Waals surface area contributed by atoms with Crippen LogP contribution in [0.4, 0.5) is 0 Å². The van der Waals surface area contributed by atoms with E-state index in [1.807, 2.05) is 0 Å². The highest BCUT2D eigenvalue weighted by Crippen LogP contribution is 2.60. The van der Waals surface area contributed by atoms with Crippen molar-refractivity contribution in [3.05, 3.63) is 5.89 Å². The van der Waals surface area contributed by atoms with Gasteiger partial charge in [-0.3, -0.25) is 4.79 Å². The molecule has 1 aromatic rings. The van der Waals surface area contributed by atoms with Gasteiger partial charge in [0.2, 0.25) is 5.89 Å². The zero-order valence-corrected chi connectivity index (χ0v) is 17.1. The number of rotatable bonds is 6. The quantitative estimate of drug-likeness (QED) is 0.666. The van der Waals surface area contributed by atoms with Gasteiger partial charge in [0.05, 0.1) is 17.3 Å². The van der Waals surface area contributed by atoms with E-state index in [-0.39, 0.29) is 22.8 Å².